The Hall–Kier alpha value is -0.160. The topological polar surface area (TPSA) is 41.3 Å². The fourth-order valence-electron chi connectivity index (χ4n) is 3.65. The number of rotatable bonds is 20. The van der Waals surface area contributed by atoms with Crippen LogP contribution in [0.5, 0.6) is 0 Å². The summed E-state index contributed by atoms with van der Waals surface area (Å²) in [6.45, 7) is 21.2. The second-order valence-corrected chi connectivity index (χ2v) is 8.03. The second kappa shape index (κ2) is 18.2. The zero-order chi connectivity index (χ0) is 19.5. The van der Waals surface area contributed by atoms with Crippen LogP contribution in [0.4, 0.5) is 0 Å². The SMILES string of the molecule is CCCCN(CCCC)CC[N+](CCCC)(CCCC)CCNCCN. The van der Waals surface area contributed by atoms with E-state index < -0.39 is 0 Å². The highest BCUT2D eigenvalue weighted by Crippen LogP contribution is 2.13. The summed E-state index contributed by atoms with van der Waals surface area (Å²) in [6, 6.07) is 0. The van der Waals surface area contributed by atoms with Crippen molar-refractivity contribution in [3.8, 4) is 0 Å². The average Bonchev–Trinajstić information content (AvgIpc) is 2.67. The van der Waals surface area contributed by atoms with Crippen molar-refractivity contribution in [2.75, 3.05) is 65.4 Å². The van der Waals surface area contributed by atoms with Gasteiger partial charge in [0, 0.05) is 26.2 Å². The van der Waals surface area contributed by atoms with Crippen LogP contribution in [-0.2, 0) is 0 Å². The van der Waals surface area contributed by atoms with E-state index in [4.69, 9.17) is 5.73 Å². The molecule has 3 N–H and O–H groups in total. The molecule has 0 aromatic rings. The summed E-state index contributed by atoms with van der Waals surface area (Å²) in [5.74, 6) is 0. The van der Waals surface area contributed by atoms with Gasteiger partial charge in [0.25, 0.3) is 0 Å². The molecule has 0 heterocycles. The van der Waals surface area contributed by atoms with Crippen LogP contribution in [-0.4, -0.2) is 74.8 Å². The molecule has 0 atom stereocenters. The predicted octanol–water partition coefficient (Wildman–Crippen LogP) is 3.85. The molecule has 0 aliphatic heterocycles. The minimum absolute atomic E-state index is 0.742. The van der Waals surface area contributed by atoms with Crippen LogP contribution in [0.3, 0.4) is 0 Å². The summed E-state index contributed by atoms with van der Waals surface area (Å²) in [5.41, 5.74) is 5.66. The standard InChI is InChI=1S/C22H51N4/c1-5-9-16-25(17-10-6-2)18-22-26(19-11-7-3,20-12-8-4)21-15-24-14-13-23/h24H,5-23H2,1-4H3/q+1. The van der Waals surface area contributed by atoms with Crippen molar-refractivity contribution in [3.05, 3.63) is 0 Å². The molecule has 0 rings (SSSR count). The maximum atomic E-state index is 5.66. The molecule has 0 aliphatic carbocycles. The van der Waals surface area contributed by atoms with Crippen molar-refractivity contribution < 1.29 is 4.48 Å². The van der Waals surface area contributed by atoms with E-state index in [2.05, 4.69) is 37.9 Å². The molecule has 0 radical (unpaired) electrons. The zero-order valence-electron chi connectivity index (χ0n) is 18.7. The van der Waals surface area contributed by atoms with Crippen molar-refractivity contribution >= 4 is 0 Å². The first kappa shape index (κ1) is 25.8. The predicted molar refractivity (Wildman–Crippen MR) is 118 cm³/mol. The first-order chi connectivity index (χ1) is 12.7. The third kappa shape index (κ3) is 13.1. The Kier molecular flexibility index (Phi) is 18.1. The van der Waals surface area contributed by atoms with Gasteiger partial charge in [-0.2, -0.15) is 0 Å². The molecular weight excluding hydrogens is 320 g/mol. The van der Waals surface area contributed by atoms with Crippen molar-refractivity contribution in [1.82, 2.24) is 10.2 Å². The molecule has 0 saturated heterocycles. The van der Waals surface area contributed by atoms with E-state index in [9.17, 15) is 0 Å². The molecule has 0 bridgehead atoms. The van der Waals surface area contributed by atoms with Gasteiger partial charge in [-0.1, -0.05) is 53.4 Å². The molecule has 0 amide bonds. The quantitative estimate of drug-likeness (QED) is 0.252. The minimum atomic E-state index is 0.742. The summed E-state index contributed by atoms with van der Waals surface area (Å²) in [5, 5.41) is 3.55. The maximum Gasteiger partial charge on any atom is 0.0916 e. The molecule has 0 aliphatic rings. The van der Waals surface area contributed by atoms with E-state index in [0.29, 0.717) is 0 Å². The lowest BCUT2D eigenvalue weighted by atomic mass is 10.2. The molecule has 0 spiro atoms. The van der Waals surface area contributed by atoms with Gasteiger partial charge >= 0.3 is 0 Å². The van der Waals surface area contributed by atoms with Gasteiger partial charge in [0.2, 0.25) is 0 Å². The largest absolute Gasteiger partial charge is 0.329 e. The number of unbranched alkanes of at least 4 members (excludes halogenated alkanes) is 4. The first-order valence-corrected chi connectivity index (χ1v) is 11.7. The van der Waals surface area contributed by atoms with Gasteiger partial charge < -0.3 is 15.5 Å². The van der Waals surface area contributed by atoms with Crippen LogP contribution in [0.2, 0.25) is 0 Å². The van der Waals surface area contributed by atoms with Crippen LogP contribution >= 0.6 is 0 Å². The van der Waals surface area contributed by atoms with E-state index in [1.807, 2.05) is 0 Å². The Labute approximate surface area is 165 Å². The van der Waals surface area contributed by atoms with Gasteiger partial charge in [-0.3, -0.25) is 4.90 Å². The van der Waals surface area contributed by atoms with E-state index >= 15 is 0 Å². The molecule has 0 unspecified atom stereocenters. The van der Waals surface area contributed by atoms with E-state index in [0.717, 1.165) is 19.6 Å². The lowest BCUT2D eigenvalue weighted by Gasteiger charge is -2.41. The summed E-state index contributed by atoms with van der Waals surface area (Å²) in [6.07, 6.45) is 10.6. The smallest absolute Gasteiger partial charge is 0.0916 e. The minimum Gasteiger partial charge on any atom is -0.329 e. The third-order valence-corrected chi connectivity index (χ3v) is 5.60. The van der Waals surface area contributed by atoms with Crippen molar-refractivity contribution in [2.24, 2.45) is 5.73 Å². The van der Waals surface area contributed by atoms with Gasteiger partial charge in [-0.25, -0.2) is 0 Å². The van der Waals surface area contributed by atoms with Gasteiger partial charge in [-0.15, -0.1) is 0 Å². The molecule has 26 heavy (non-hydrogen) atoms. The lowest BCUT2D eigenvalue weighted by molar-refractivity contribution is -0.927. The van der Waals surface area contributed by atoms with Gasteiger partial charge in [0.15, 0.2) is 0 Å². The Bertz CT molecular complexity index is 267. The lowest BCUT2D eigenvalue weighted by Crippen LogP contribution is -2.56. The number of nitrogens with zero attached hydrogens (tertiary/aromatic N) is 2. The van der Waals surface area contributed by atoms with Crippen LogP contribution in [0, 0.1) is 0 Å². The highest BCUT2D eigenvalue weighted by atomic mass is 15.4. The molecule has 0 saturated carbocycles. The van der Waals surface area contributed by atoms with Crippen molar-refractivity contribution in [3.63, 3.8) is 0 Å². The molecule has 4 heteroatoms. The first-order valence-electron chi connectivity index (χ1n) is 11.7. The molecule has 158 valence electrons. The molecule has 0 fully saturated rings. The van der Waals surface area contributed by atoms with Gasteiger partial charge in [-0.05, 0) is 38.8 Å². The summed E-state index contributed by atoms with van der Waals surface area (Å²) in [4.78, 5) is 2.74. The Morgan fingerprint density at radius 1 is 0.654 bits per heavy atom. The zero-order valence-corrected chi connectivity index (χ0v) is 18.7. The fraction of sp³-hybridized carbons (Fsp3) is 1.00. The van der Waals surface area contributed by atoms with Crippen LogP contribution < -0.4 is 11.1 Å². The highest BCUT2D eigenvalue weighted by molar-refractivity contribution is 4.60. The maximum absolute atomic E-state index is 5.66. The van der Waals surface area contributed by atoms with E-state index in [-0.39, 0.29) is 0 Å². The molecule has 0 aromatic carbocycles. The van der Waals surface area contributed by atoms with E-state index in [1.165, 1.54) is 102 Å². The normalized spacial score (nSPS) is 12.2. The number of hydrogen-bond donors (Lipinski definition) is 2. The number of hydrogen-bond acceptors (Lipinski definition) is 3. The Morgan fingerprint density at radius 2 is 1.19 bits per heavy atom. The summed E-state index contributed by atoms with van der Waals surface area (Å²) < 4.78 is 1.30. The Morgan fingerprint density at radius 3 is 1.65 bits per heavy atom. The molecule has 0 aromatic heterocycles. The van der Waals surface area contributed by atoms with Gasteiger partial charge in [0.05, 0.1) is 26.2 Å². The molecular formula is C22H51N4+. The average molecular weight is 372 g/mol. The van der Waals surface area contributed by atoms with E-state index in [1.54, 1.807) is 0 Å². The number of nitrogens with one attached hydrogen (secondary N) is 1. The Balaban J connectivity index is 4.85. The summed E-state index contributed by atoms with van der Waals surface area (Å²) in [7, 11) is 0. The van der Waals surface area contributed by atoms with Crippen molar-refractivity contribution in [1.29, 1.82) is 0 Å². The monoisotopic (exact) mass is 371 g/mol. The van der Waals surface area contributed by atoms with Crippen LogP contribution in [0.25, 0.3) is 0 Å². The van der Waals surface area contributed by atoms with Gasteiger partial charge in [0.1, 0.15) is 0 Å². The summed E-state index contributed by atoms with van der Waals surface area (Å²) >= 11 is 0. The van der Waals surface area contributed by atoms with Crippen LogP contribution in [0.1, 0.15) is 79.1 Å². The number of nitrogens with two attached hydrogens (primary N) is 1. The molecule has 4 nitrogen and oxygen atoms in total. The number of quaternary nitrogens is 1. The highest BCUT2D eigenvalue weighted by Gasteiger charge is 2.26. The van der Waals surface area contributed by atoms with Crippen LogP contribution in [0.15, 0.2) is 0 Å². The second-order valence-electron chi connectivity index (χ2n) is 8.03. The van der Waals surface area contributed by atoms with Crippen molar-refractivity contribution in [2.45, 2.75) is 79.1 Å². The fourth-order valence-corrected chi connectivity index (χ4v) is 3.65. The third-order valence-electron chi connectivity index (χ3n) is 5.60.